The molecular weight excluding hydrogens is 268 g/mol. The monoisotopic (exact) mass is 288 g/mol. The second kappa shape index (κ2) is 5.48. The molecule has 2 fully saturated rings. The van der Waals surface area contributed by atoms with Gasteiger partial charge in [0.2, 0.25) is 11.8 Å². The number of nitrogens with zero attached hydrogens (tertiary/aromatic N) is 2. The number of hydrogen-bond donors (Lipinski definition) is 1. The minimum absolute atomic E-state index is 0.00629. The molecular formula is C16H20N2O3. The standard InChI is InChI=1S/C16H20N2O3/c1-11-4-6-12(7-5-11)14(19)9-17-10-15(20)18-8-2-3-13(18)16(17)21/h4-7,13-14,19H,2-3,8-10H2,1H3. The third-order valence-corrected chi connectivity index (χ3v) is 4.35. The summed E-state index contributed by atoms with van der Waals surface area (Å²) in [5.41, 5.74) is 1.89. The molecule has 0 spiro atoms. The molecule has 0 aromatic heterocycles. The van der Waals surface area contributed by atoms with Crippen molar-refractivity contribution in [2.24, 2.45) is 0 Å². The van der Waals surface area contributed by atoms with Gasteiger partial charge in [0.15, 0.2) is 0 Å². The molecule has 1 N–H and O–H groups in total. The van der Waals surface area contributed by atoms with Crippen molar-refractivity contribution >= 4 is 11.8 Å². The number of β-amino-alcohol motifs (C(OH)–C–C–N with tert-alkyl or cyclic N) is 1. The van der Waals surface area contributed by atoms with Gasteiger partial charge in [-0.1, -0.05) is 29.8 Å². The van der Waals surface area contributed by atoms with Crippen molar-refractivity contribution < 1.29 is 14.7 Å². The van der Waals surface area contributed by atoms with Gasteiger partial charge in [-0.05, 0) is 25.3 Å². The van der Waals surface area contributed by atoms with Crippen LogP contribution in [0.4, 0.5) is 0 Å². The van der Waals surface area contributed by atoms with E-state index in [0.717, 1.165) is 24.0 Å². The Morgan fingerprint density at radius 2 is 2.00 bits per heavy atom. The SMILES string of the molecule is Cc1ccc(C(O)CN2CC(=O)N3CCCC3C2=O)cc1. The van der Waals surface area contributed by atoms with Gasteiger partial charge in [0.1, 0.15) is 6.04 Å². The summed E-state index contributed by atoms with van der Waals surface area (Å²) in [6, 6.07) is 7.27. The lowest BCUT2D eigenvalue weighted by atomic mass is 10.1. The van der Waals surface area contributed by atoms with E-state index < -0.39 is 6.10 Å². The maximum Gasteiger partial charge on any atom is 0.245 e. The van der Waals surface area contributed by atoms with Gasteiger partial charge in [-0.3, -0.25) is 9.59 Å². The molecule has 2 aliphatic heterocycles. The number of aliphatic hydroxyl groups excluding tert-OH is 1. The van der Waals surface area contributed by atoms with Gasteiger partial charge in [-0.25, -0.2) is 0 Å². The van der Waals surface area contributed by atoms with E-state index in [2.05, 4.69) is 0 Å². The van der Waals surface area contributed by atoms with Crippen molar-refractivity contribution in [2.75, 3.05) is 19.6 Å². The van der Waals surface area contributed by atoms with E-state index in [9.17, 15) is 14.7 Å². The fourth-order valence-electron chi connectivity index (χ4n) is 3.12. The summed E-state index contributed by atoms with van der Waals surface area (Å²) in [5, 5.41) is 10.3. The lowest BCUT2D eigenvalue weighted by Crippen LogP contribution is -2.58. The fourth-order valence-corrected chi connectivity index (χ4v) is 3.12. The molecule has 112 valence electrons. The van der Waals surface area contributed by atoms with E-state index in [1.54, 1.807) is 4.90 Å². The largest absolute Gasteiger partial charge is 0.387 e. The number of aliphatic hydroxyl groups is 1. The molecule has 0 saturated carbocycles. The second-order valence-electron chi connectivity index (χ2n) is 5.89. The molecule has 0 aliphatic carbocycles. The molecule has 1 aromatic rings. The lowest BCUT2D eigenvalue weighted by Gasteiger charge is -2.37. The van der Waals surface area contributed by atoms with Crippen LogP contribution < -0.4 is 0 Å². The maximum atomic E-state index is 12.4. The van der Waals surface area contributed by atoms with E-state index in [1.165, 1.54) is 4.90 Å². The lowest BCUT2D eigenvalue weighted by molar-refractivity contribution is -0.154. The molecule has 5 nitrogen and oxygen atoms in total. The minimum atomic E-state index is -0.754. The van der Waals surface area contributed by atoms with Crippen molar-refractivity contribution in [3.05, 3.63) is 35.4 Å². The Balaban J connectivity index is 1.70. The first kappa shape index (κ1) is 14.1. The molecule has 2 amide bonds. The Morgan fingerprint density at radius 3 is 2.71 bits per heavy atom. The van der Waals surface area contributed by atoms with Gasteiger partial charge >= 0.3 is 0 Å². The van der Waals surface area contributed by atoms with E-state index in [0.29, 0.717) is 6.54 Å². The summed E-state index contributed by atoms with van der Waals surface area (Å²) in [7, 11) is 0. The first-order chi connectivity index (χ1) is 10.1. The highest BCUT2D eigenvalue weighted by molar-refractivity contribution is 5.95. The normalized spacial score (nSPS) is 23.4. The Labute approximate surface area is 124 Å². The minimum Gasteiger partial charge on any atom is -0.387 e. The Bertz CT molecular complexity index is 555. The van der Waals surface area contributed by atoms with Crippen LogP contribution in [-0.2, 0) is 9.59 Å². The molecule has 0 radical (unpaired) electrons. The number of carbonyl (C=O) groups excluding carboxylic acids is 2. The molecule has 0 bridgehead atoms. The molecule has 21 heavy (non-hydrogen) atoms. The van der Waals surface area contributed by atoms with Crippen LogP contribution in [0.2, 0.25) is 0 Å². The molecule has 5 heteroatoms. The van der Waals surface area contributed by atoms with Crippen LogP contribution >= 0.6 is 0 Å². The van der Waals surface area contributed by atoms with E-state index in [1.807, 2.05) is 31.2 Å². The average molecular weight is 288 g/mol. The van der Waals surface area contributed by atoms with Gasteiger partial charge in [-0.2, -0.15) is 0 Å². The number of carbonyl (C=O) groups is 2. The summed E-state index contributed by atoms with van der Waals surface area (Å²) in [4.78, 5) is 27.6. The molecule has 2 saturated heterocycles. The Hall–Kier alpha value is -1.88. The molecule has 1 aromatic carbocycles. The van der Waals surface area contributed by atoms with E-state index in [4.69, 9.17) is 0 Å². The summed E-state index contributed by atoms with van der Waals surface area (Å²) >= 11 is 0. The van der Waals surface area contributed by atoms with Crippen LogP contribution in [0, 0.1) is 6.92 Å². The van der Waals surface area contributed by atoms with Crippen LogP contribution in [-0.4, -0.2) is 52.4 Å². The Morgan fingerprint density at radius 1 is 1.29 bits per heavy atom. The summed E-state index contributed by atoms with van der Waals surface area (Å²) in [6.07, 6.45) is 0.869. The zero-order valence-electron chi connectivity index (χ0n) is 12.2. The Kier molecular flexibility index (Phi) is 3.68. The maximum absolute atomic E-state index is 12.4. The average Bonchev–Trinajstić information content (AvgIpc) is 2.95. The highest BCUT2D eigenvalue weighted by atomic mass is 16.3. The summed E-state index contributed by atoms with van der Waals surface area (Å²) in [6.45, 7) is 2.93. The second-order valence-corrected chi connectivity index (χ2v) is 5.89. The first-order valence-electron chi connectivity index (χ1n) is 7.39. The third kappa shape index (κ3) is 2.65. The summed E-state index contributed by atoms with van der Waals surface area (Å²) < 4.78 is 0. The van der Waals surface area contributed by atoms with Crippen molar-refractivity contribution in [1.82, 2.24) is 9.80 Å². The van der Waals surface area contributed by atoms with Crippen LogP contribution in [0.25, 0.3) is 0 Å². The summed E-state index contributed by atoms with van der Waals surface area (Å²) in [5.74, 6) is -0.0357. The van der Waals surface area contributed by atoms with Crippen LogP contribution in [0.1, 0.15) is 30.1 Å². The number of piperazine rings is 1. The molecule has 2 aliphatic rings. The van der Waals surface area contributed by atoms with Crippen LogP contribution in [0.15, 0.2) is 24.3 Å². The zero-order valence-corrected chi connectivity index (χ0v) is 12.2. The predicted molar refractivity (Wildman–Crippen MR) is 77.5 cm³/mol. The molecule has 2 unspecified atom stereocenters. The van der Waals surface area contributed by atoms with Crippen molar-refractivity contribution in [3.63, 3.8) is 0 Å². The van der Waals surface area contributed by atoms with Gasteiger partial charge < -0.3 is 14.9 Å². The van der Waals surface area contributed by atoms with Gasteiger partial charge in [0.25, 0.3) is 0 Å². The smallest absolute Gasteiger partial charge is 0.245 e. The van der Waals surface area contributed by atoms with Gasteiger partial charge in [0, 0.05) is 6.54 Å². The quantitative estimate of drug-likeness (QED) is 0.897. The fraction of sp³-hybridized carbons (Fsp3) is 0.500. The molecule has 3 rings (SSSR count). The van der Waals surface area contributed by atoms with Crippen molar-refractivity contribution in [3.8, 4) is 0 Å². The van der Waals surface area contributed by atoms with Crippen LogP contribution in [0.3, 0.4) is 0 Å². The highest BCUT2D eigenvalue weighted by Crippen LogP contribution is 2.25. The molecule has 2 heterocycles. The number of hydrogen-bond acceptors (Lipinski definition) is 3. The number of benzene rings is 1. The number of fused-ring (bicyclic) bond motifs is 1. The van der Waals surface area contributed by atoms with Gasteiger partial charge in [-0.15, -0.1) is 0 Å². The topological polar surface area (TPSA) is 60.9 Å². The van der Waals surface area contributed by atoms with E-state index >= 15 is 0 Å². The number of amides is 2. The van der Waals surface area contributed by atoms with Crippen molar-refractivity contribution in [1.29, 1.82) is 0 Å². The number of rotatable bonds is 3. The van der Waals surface area contributed by atoms with E-state index in [-0.39, 0.29) is 30.9 Å². The number of aryl methyl sites for hydroxylation is 1. The third-order valence-electron chi connectivity index (χ3n) is 4.35. The first-order valence-corrected chi connectivity index (χ1v) is 7.39. The highest BCUT2D eigenvalue weighted by Gasteiger charge is 2.42. The molecule has 2 atom stereocenters. The predicted octanol–water partition coefficient (Wildman–Crippen LogP) is 0.862. The van der Waals surface area contributed by atoms with Crippen molar-refractivity contribution in [2.45, 2.75) is 31.9 Å². The van der Waals surface area contributed by atoms with Gasteiger partial charge in [0.05, 0.1) is 19.2 Å². The van der Waals surface area contributed by atoms with Crippen LogP contribution in [0.5, 0.6) is 0 Å². The zero-order chi connectivity index (χ0) is 15.0.